The number of carbonyl (C=O) groups is 1. The number of hydrogen-bond acceptors (Lipinski definition) is 7. The lowest BCUT2D eigenvalue weighted by molar-refractivity contribution is 0.102. The summed E-state index contributed by atoms with van der Waals surface area (Å²) in [5.74, 6) is 1.74. The molecule has 3 aromatic rings. The van der Waals surface area contributed by atoms with Crippen LogP contribution in [0.25, 0.3) is 0 Å². The third-order valence-corrected chi connectivity index (χ3v) is 6.07. The zero-order valence-electron chi connectivity index (χ0n) is 18.8. The first-order valence-corrected chi connectivity index (χ1v) is 11.0. The smallest absolute Gasteiger partial charge is 0.255 e. The van der Waals surface area contributed by atoms with E-state index in [4.69, 9.17) is 14.2 Å². The van der Waals surface area contributed by atoms with Gasteiger partial charge in [-0.3, -0.25) is 4.79 Å². The van der Waals surface area contributed by atoms with Crippen LogP contribution in [0.1, 0.15) is 15.9 Å². The van der Waals surface area contributed by atoms with Gasteiger partial charge in [0.15, 0.2) is 11.5 Å². The molecule has 0 aliphatic carbocycles. The predicted molar refractivity (Wildman–Crippen MR) is 129 cm³/mol. The minimum Gasteiger partial charge on any atom is -0.497 e. The van der Waals surface area contributed by atoms with Gasteiger partial charge >= 0.3 is 0 Å². The molecule has 34 heavy (non-hydrogen) atoms. The number of rotatable bonds is 5. The normalized spacial score (nSPS) is 14.5. The van der Waals surface area contributed by atoms with Crippen LogP contribution in [-0.2, 0) is 0 Å². The fourth-order valence-electron chi connectivity index (χ4n) is 4.22. The minimum atomic E-state index is -0.275. The highest BCUT2D eigenvalue weighted by Gasteiger charge is 2.21. The van der Waals surface area contributed by atoms with E-state index >= 15 is 0 Å². The van der Waals surface area contributed by atoms with Crippen LogP contribution >= 0.6 is 0 Å². The van der Waals surface area contributed by atoms with Crippen molar-refractivity contribution in [1.82, 2.24) is 0 Å². The molecule has 2 aliphatic heterocycles. The van der Waals surface area contributed by atoms with Crippen molar-refractivity contribution < 1.29 is 19.0 Å². The summed E-state index contributed by atoms with van der Waals surface area (Å²) in [6.07, 6.45) is 0. The van der Waals surface area contributed by atoms with Crippen molar-refractivity contribution in [2.45, 2.75) is 0 Å². The van der Waals surface area contributed by atoms with Gasteiger partial charge < -0.3 is 29.3 Å². The number of nitrogens with one attached hydrogen (secondary N) is 1. The SMILES string of the molecule is COc1ccc(N2CCN(c3ccc(NC(=O)c4ccc5c(c4)OCO5)cc3C#N)CC2)cc1. The van der Waals surface area contributed by atoms with E-state index in [2.05, 4.69) is 33.3 Å². The fraction of sp³-hybridized carbons (Fsp3) is 0.231. The Kier molecular flexibility index (Phi) is 5.83. The largest absolute Gasteiger partial charge is 0.497 e. The lowest BCUT2D eigenvalue weighted by Crippen LogP contribution is -2.46. The summed E-state index contributed by atoms with van der Waals surface area (Å²) in [4.78, 5) is 17.2. The number of nitrogens with zero attached hydrogens (tertiary/aromatic N) is 3. The van der Waals surface area contributed by atoms with Crippen LogP contribution in [0.4, 0.5) is 17.1 Å². The Morgan fingerprint density at radius 3 is 2.41 bits per heavy atom. The van der Waals surface area contributed by atoms with Gasteiger partial charge in [0.2, 0.25) is 6.79 Å². The summed E-state index contributed by atoms with van der Waals surface area (Å²) in [5, 5.41) is 12.6. The van der Waals surface area contributed by atoms with Crippen LogP contribution in [0.15, 0.2) is 60.7 Å². The van der Waals surface area contributed by atoms with Crippen molar-refractivity contribution in [2.75, 3.05) is 55.2 Å². The van der Waals surface area contributed by atoms with Crippen LogP contribution in [-0.4, -0.2) is 46.0 Å². The summed E-state index contributed by atoms with van der Waals surface area (Å²) in [5.41, 5.74) is 3.59. The van der Waals surface area contributed by atoms with E-state index in [1.54, 1.807) is 31.4 Å². The van der Waals surface area contributed by atoms with Gasteiger partial charge in [-0.15, -0.1) is 0 Å². The second-order valence-electron chi connectivity index (χ2n) is 8.04. The first-order chi connectivity index (χ1) is 16.6. The molecule has 172 valence electrons. The maximum Gasteiger partial charge on any atom is 0.255 e. The molecule has 2 heterocycles. The number of anilines is 3. The Morgan fingerprint density at radius 2 is 1.68 bits per heavy atom. The molecule has 1 N–H and O–H groups in total. The number of amides is 1. The molecule has 0 unspecified atom stereocenters. The monoisotopic (exact) mass is 456 g/mol. The number of methoxy groups -OCH3 is 1. The van der Waals surface area contributed by atoms with Crippen molar-refractivity contribution >= 4 is 23.0 Å². The minimum absolute atomic E-state index is 0.155. The van der Waals surface area contributed by atoms with Crippen molar-refractivity contribution in [2.24, 2.45) is 0 Å². The number of carbonyl (C=O) groups excluding carboxylic acids is 1. The molecular formula is C26H24N4O4. The zero-order chi connectivity index (χ0) is 23.5. The third-order valence-electron chi connectivity index (χ3n) is 6.07. The van der Waals surface area contributed by atoms with E-state index in [1.165, 1.54) is 0 Å². The highest BCUT2D eigenvalue weighted by Crippen LogP contribution is 2.33. The lowest BCUT2D eigenvalue weighted by Gasteiger charge is -2.37. The molecule has 1 fully saturated rings. The van der Waals surface area contributed by atoms with E-state index in [9.17, 15) is 10.1 Å². The summed E-state index contributed by atoms with van der Waals surface area (Å²) >= 11 is 0. The van der Waals surface area contributed by atoms with E-state index in [0.29, 0.717) is 28.3 Å². The predicted octanol–water partition coefficient (Wildman–Crippen LogP) is 3.87. The van der Waals surface area contributed by atoms with Crippen LogP contribution < -0.4 is 29.3 Å². The second kappa shape index (κ2) is 9.24. The molecule has 0 spiro atoms. The zero-order valence-corrected chi connectivity index (χ0v) is 18.8. The number of ether oxygens (including phenoxy) is 3. The fourth-order valence-corrected chi connectivity index (χ4v) is 4.22. The van der Waals surface area contributed by atoms with Crippen molar-refractivity contribution in [3.8, 4) is 23.3 Å². The van der Waals surface area contributed by atoms with Gasteiger partial charge in [-0.05, 0) is 60.7 Å². The third kappa shape index (κ3) is 4.28. The lowest BCUT2D eigenvalue weighted by atomic mass is 10.1. The van der Waals surface area contributed by atoms with Crippen molar-refractivity contribution in [3.05, 3.63) is 71.8 Å². The van der Waals surface area contributed by atoms with Crippen LogP contribution in [0.5, 0.6) is 17.2 Å². The number of benzene rings is 3. The Bertz CT molecular complexity index is 1240. The van der Waals surface area contributed by atoms with E-state index in [1.807, 2.05) is 24.3 Å². The summed E-state index contributed by atoms with van der Waals surface area (Å²) < 4.78 is 15.9. The molecule has 1 amide bonds. The van der Waals surface area contributed by atoms with Crippen LogP contribution in [0.3, 0.4) is 0 Å². The Labute approximate surface area is 197 Å². The molecule has 0 radical (unpaired) electrons. The summed E-state index contributed by atoms with van der Waals surface area (Å²) in [6.45, 7) is 3.44. The molecule has 2 aliphatic rings. The van der Waals surface area contributed by atoms with Crippen LogP contribution in [0.2, 0.25) is 0 Å². The molecule has 8 nitrogen and oxygen atoms in total. The van der Waals surface area contributed by atoms with Gasteiger partial charge in [-0.1, -0.05) is 0 Å². The van der Waals surface area contributed by atoms with E-state index in [-0.39, 0.29) is 12.7 Å². The average Bonchev–Trinajstić information content (AvgIpc) is 3.37. The molecule has 0 atom stereocenters. The van der Waals surface area contributed by atoms with Gasteiger partial charge in [0.25, 0.3) is 5.91 Å². The number of hydrogen-bond donors (Lipinski definition) is 1. The molecule has 5 rings (SSSR count). The molecule has 1 saturated heterocycles. The molecule has 8 heteroatoms. The maximum atomic E-state index is 12.7. The standard InChI is InChI=1S/C26H24N4O4/c1-32-22-6-4-21(5-7-22)29-10-12-30(13-11-29)23-8-3-20(14-19(23)16-27)28-26(31)18-2-9-24-25(15-18)34-17-33-24/h2-9,14-15H,10-13,17H2,1H3,(H,28,31). The summed E-state index contributed by atoms with van der Waals surface area (Å²) in [7, 11) is 1.66. The molecular weight excluding hydrogens is 432 g/mol. The highest BCUT2D eigenvalue weighted by molar-refractivity contribution is 6.05. The van der Waals surface area contributed by atoms with Crippen LogP contribution in [0, 0.1) is 11.3 Å². The first-order valence-electron chi connectivity index (χ1n) is 11.0. The first kappa shape index (κ1) is 21.5. The Balaban J connectivity index is 1.25. The van der Waals surface area contributed by atoms with Gasteiger partial charge in [-0.2, -0.15) is 5.26 Å². The Hall–Kier alpha value is -4.38. The van der Waals surface area contributed by atoms with Gasteiger partial charge in [0.05, 0.1) is 18.4 Å². The molecule has 0 aromatic heterocycles. The second-order valence-corrected chi connectivity index (χ2v) is 8.04. The summed E-state index contributed by atoms with van der Waals surface area (Å²) in [6, 6.07) is 20.8. The number of piperazine rings is 1. The number of fused-ring (bicyclic) bond motifs is 1. The van der Waals surface area contributed by atoms with Gasteiger partial charge in [0.1, 0.15) is 11.8 Å². The maximum absolute atomic E-state index is 12.7. The number of nitriles is 1. The molecule has 3 aromatic carbocycles. The quantitative estimate of drug-likeness (QED) is 0.624. The van der Waals surface area contributed by atoms with E-state index in [0.717, 1.165) is 43.3 Å². The topological polar surface area (TPSA) is 87.1 Å². The highest BCUT2D eigenvalue weighted by atomic mass is 16.7. The van der Waals surface area contributed by atoms with Crippen molar-refractivity contribution in [1.29, 1.82) is 5.26 Å². The van der Waals surface area contributed by atoms with E-state index < -0.39 is 0 Å². The average molecular weight is 457 g/mol. The van der Waals surface area contributed by atoms with Crippen molar-refractivity contribution in [3.63, 3.8) is 0 Å². The van der Waals surface area contributed by atoms with Gasteiger partial charge in [0, 0.05) is 43.1 Å². The van der Waals surface area contributed by atoms with Gasteiger partial charge in [-0.25, -0.2) is 0 Å². The Morgan fingerprint density at radius 1 is 0.941 bits per heavy atom. The molecule has 0 bridgehead atoms. The molecule has 0 saturated carbocycles.